The zero-order valence-electron chi connectivity index (χ0n) is 5.76. The summed E-state index contributed by atoms with van der Waals surface area (Å²) in [4.78, 5) is 0. The van der Waals surface area contributed by atoms with Gasteiger partial charge >= 0.3 is 0 Å². The molecule has 1 aromatic heterocycles. The van der Waals surface area contributed by atoms with Gasteiger partial charge < -0.3 is 4.57 Å². The maximum atomic E-state index is 12.4. The molecule has 10 heavy (non-hydrogen) atoms. The first kappa shape index (κ1) is 5.96. The second-order valence-corrected chi connectivity index (χ2v) is 2.97. The molecule has 2 rings (SSSR count). The van der Waals surface area contributed by atoms with Gasteiger partial charge in [-0.2, -0.15) is 0 Å². The highest BCUT2D eigenvalue weighted by Gasteiger charge is 2.21. The van der Waals surface area contributed by atoms with E-state index >= 15 is 0 Å². The van der Waals surface area contributed by atoms with Crippen LogP contribution in [0.3, 0.4) is 0 Å². The molecule has 0 unspecified atom stereocenters. The molecule has 1 aromatic rings. The lowest BCUT2D eigenvalue weighted by atomic mass is 10.4. The van der Waals surface area contributed by atoms with Crippen LogP contribution in [0.25, 0.3) is 0 Å². The van der Waals surface area contributed by atoms with Crippen LogP contribution in [-0.2, 0) is 6.54 Å². The van der Waals surface area contributed by atoms with Crippen LogP contribution in [0.15, 0.2) is 18.5 Å². The summed E-state index contributed by atoms with van der Waals surface area (Å²) >= 11 is 0. The van der Waals surface area contributed by atoms with Gasteiger partial charge in [0, 0.05) is 18.9 Å². The molecule has 1 heterocycles. The van der Waals surface area contributed by atoms with Crippen LogP contribution in [-0.4, -0.2) is 4.57 Å². The predicted molar refractivity (Wildman–Crippen MR) is 37.1 cm³/mol. The number of nitrogens with zero attached hydrogens (tertiary/aromatic N) is 1. The molecule has 0 saturated heterocycles. The van der Waals surface area contributed by atoms with Crippen molar-refractivity contribution in [2.24, 2.45) is 5.92 Å². The summed E-state index contributed by atoms with van der Waals surface area (Å²) in [5, 5.41) is 0. The SMILES string of the molecule is Fc1ccn(CC2CC2)c1. The molecular formula is C8H10FN. The maximum absolute atomic E-state index is 12.4. The lowest BCUT2D eigenvalue weighted by Crippen LogP contribution is -1.94. The molecule has 2 heteroatoms. The Morgan fingerprint density at radius 2 is 2.40 bits per heavy atom. The van der Waals surface area contributed by atoms with Gasteiger partial charge in [-0.15, -0.1) is 0 Å². The highest BCUT2D eigenvalue weighted by molar-refractivity contribution is 4.95. The van der Waals surface area contributed by atoms with Crippen LogP contribution in [0, 0.1) is 11.7 Å². The van der Waals surface area contributed by atoms with Crippen molar-refractivity contribution in [3.05, 3.63) is 24.3 Å². The third-order valence-electron chi connectivity index (χ3n) is 1.88. The summed E-state index contributed by atoms with van der Waals surface area (Å²) < 4.78 is 14.3. The van der Waals surface area contributed by atoms with Crippen LogP contribution in [0.2, 0.25) is 0 Å². The van der Waals surface area contributed by atoms with Gasteiger partial charge in [0.2, 0.25) is 0 Å². The molecule has 1 aliphatic rings. The number of hydrogen-bond acceptors (Lipinski definition) is 0. The largest absolute Gasteiger partial charge is 0.351 e. The van der Waals surface area contributed by atoms with Gasteiger partial charge in [0.25, 0.3) is 0 Å². The smallest absolute Gasteiger partial charge is 0.140 e. The van der Waals surface area contributed by atoms with Crippen molar-refractivity contribution in [3.8, 4) is 0 Å². The van der Waals surface area contributed by atoms with Gasteiger partial charge in [-0.05, 0) is 24.8 Å². The van der Waals surface area contributed by atoms with Crippen LogP contribution < -0.4 is 0 Å². The van der Waals surface area contributed by atoms with Crippen molar-refractivity contribution >= 4 is 0 Å². The van der Waals surface area contributed by atoms with Crippen molar-refractivity contribution in [2.75, 3.05) is 0 Å². The fraction of sp³-hybridized carbons (Fsp3) is 0.500. The summed E-state index contributed by atoms with van der Waals surface area (Å²) in [7, 11) is 0. The Hall–Kier alpha value is -0.790. The lowest BCUT2D eigenvalue weighted by Gasteiger charge is -1.96. The van der Waals surface area contributed by atoms with Crippen LogP contribution >= 0.6 is 0 Å². The zero-order valence-corrected chi connectivity index (χ0v) is 5.76. The summed E-state index contributed by atoms with van der Waals surface area (Å²) in [5.41, 5.74) is 0. The average Bonchev–Trinajstić information content (AvgIpc) is 2.59. The molecule has 0 amide bonds. The third kappa shape index (κ3) is 1.20. The molecule has 0 radical (unpaired) electrons. The molecular weight excluding hydrogens is 129 g/mol. The first-order valence-electron chi connectivity index (χ1n) is 3.66. The molecule has 1 aliphatic carbocycles. The van der Waals surface area contributed by atoms with Crippen molar-refractivity contribution in [2.45, 2.75) is 19.4 Å². The second kappa shape index (κ2) is 2.11. The summed E-state index contributed by atoms with van der Waals surface area (Å²) in [5.74, 6) is 0.701. The Kier molecular flexibility index (Phi) is 1.26. The molecule has 54 valence electrons. The van der Waals surface area contributed by atoms with Gasteiger partial charge in [-0.1, -0.05) is 0 Å². The molecule has 0 aromatic carbocycles. The van der Waals surface area contributed by atoms with Crippen LogP contribution in [0.5, 0.6) is 0 Å². The van der Waals surface area contributed by atoms with Gasteiger partial charge in [-0.25, -0.2) is 4.39 Å². The zero-order chi connectivity index (χ0) is 6.97. The lowest BCUT2D eigenvalue weighted by molar-refractivity contribution is 0.595. The molecule has 0 N–H and O–H groups in total. The third-order valence-corrected chi connectivity index (χ3v) is 1.88. The van der Waals surface area contributed by atoms with Gasteiger partial charge in [0.15, 0.2) is 0 Å². The van der Waals surface area contributed by atoms with Gasteiger partial charge in [0.05, 0.1) is 0 Å². The Labute approximate surface area is 59.5 Å². The summed E-state index contributed by atoms with van der Waals surface area (Å²) in [6.45, 7) is 1.00. The topological polar surface area (TPSA) is 4.93 Å². The monoisotopic (exact) mass is 139 g/mol. The van der Waals surface area contributed by atoms with E-state index in [1.54, 1.807) is 12.4 Å². The minimum atomic E-state index is -0.124. The molecule has 0 atom stereocenters. The molecule has 1 nitrogen and oxygen atoms in total. The van der Waals surface area contributed by atoms with E-state index in [-0.39, 0.29) is 5.82 Å². The van der Waals surface area contributed by atoms with E-state index in [2.05, 4.69) is 0 Å². The Morgan fingerprint density at radius 1 is 1.60 bits per heavy atom. The molecule has 0 aliphatic heterocycles. The van der Waals surface area contributed by atoms with Gasteiger partial charge in [-0.3, -0.25) is 0 Å². The van der Waals surface area contributed by atoms with Gasteiger partial charge in [0.1, 0.15) is 5.82 Å². The highest BCUT2D eigenvalue weighted by Crippen LogP contribution is 2.30. The van der Waals surface area contributed by atoms with E-state index in [1.165, 1.54) is 18.9 Å². The standard InChI is InChI=1S/C8H10FN/c9-8-3-4-10(6-8)5-7-1-2-7/h3-4,6-7H,1-2,5H2. The first-order chi connectivity index (χ1) is 4.84. The number of hydrogen-bond donors (Lipinski definition) is 0. The fourth-order valence-corrected chi connectivity index (χ4v) is 1.12. The molecule has 0 spiro atoms. The van der Waals surface area contributed by atoms with Crippen LogP contribution in [0.1, 0.15) is 12.8 Å². The average molecular weight is 139 g/mol. The highest BCUT2D eigenvalue weighted by atomic mass is 19.1. The van der Waals surface area contributed by atoms with E-state index in [4.69, 9.17) is 0 Å². The fourth-order valence-electron chi connectivity index (χ4n) is 1.12. The molecule has 0 bridgehead atoms. The van der Waals surface area contributed by atoms with E-state index in [1.807, 2.05) is 4.57 Å². The Bertz CT molecular complexity index is 225. The van der Waals surface area contributed by atoms with Crippen molar-refractivity contribution in [1.29, 1.82) is 0 Å². The Morgan fingerprint density at radius 3 is 2.90 bits per heavy atom. The molecule has 1 saturated carbocycles. The van der Waals surface area contributed by atoms with E-state index in [9.17, 15) is 4.39 Å². The number of aromatic nitrogens is 1. The minimum Gasteiger partial charge on any atom is -0.351 e. The minimum absolute atomic E-state index is 0.124. The van der Waals surface area contributed by atoms with E-state index < -0.39 is 0 Å². The first-order valence-corrected chi connectivity index (χ1v) is 3.66. The Balaban J connectivity index is 2.03. The van der Waals surface area contributed by atoms with E-state index in [0.717, 1.165) is 12.5 Å². The number of halogens is 1. The quantitative estimate of drug-likeness (QED) is 0.590. The van der Waals surface area contributed by atoms with Crippen molar-refractivity contribution in [1.82, 2.24) is 4.57 Å². The maximum Gasteiger partial charge on any atom is 0.140 e. The summed E-state index contributed by atoms with van der Waals surface area (Å²) in [6, 6.07) is 1.50. The van der Waals surface area contributed by atoms with Crippen molar-refractivity contribution in [3.63, 3.8) is 0 Å². The summed E-state index contributed by atoms with van der Waals surface area (Å²) in [6.07, 6.45) is 5.99. The van der Waals surface area contributed by atoms with Crippen LogP contribution in [0.4, 0.5) is 4.39 Å². The predicted octanol–water partition coefficient (Wildman–Crippen LogP) is 2.04. The molecule has 1 fully saturated rings. The van der Waals surface area contributed by atoms with E-state index in [0.29, 0.717) is 0 Å². The second-order valence-electron chi connectivity index (χ2n) is 2.97. The normalized spacial score (nSPS) is 17.7. The van der Waals surface area contributed by atoms with Crippen molar-refractivity contribution < 1.29 is 4.39 Å². The number of rotatable bonds is 2.